The number of rotatable bonds is 2. The summed E-state index contributed by atoms with van der Waals surface area (Å²) in [5.41, 5.74) is -1.02. The molecule has 98 valence electrons. The van der Waals surface area contributed by atoms with E-state index in [0.717, 1.165) is 18.2 Å². The molecular weight excluding hydrogens is 264 g/mol. The predicted octanol–water partition coefficient (Wildman–Crippen LogP) is 3.61. The second kappa shape index (κ2) is 4.72. The monoisotopic (exact) mass is 270 g/mol. The number of carbonyl (C=O) groups is 1. The fourth-order valence-corrected chi connectivity index (χ4v) is 1.61. The molecule has 0 aliphatic rings. The lowest BCUT2D eigenvalue weighted by Crippen LogP contribution is -1.99. The van der Waals surface area contributed by atoms with Gasteiger partial charge < -0.3 is 5.11 Å². The van der Waals surface area contributed by atoms with E-state index in [1.165, 1.54) is 0 Å². The van der Waals surface area contributed by atoms with Gasteiger partial charge in [0.2, 0.25) is 0 Å². The maximum atomic E-state index is 13.5. The average Bonchev–Trinajstić information content (AvgIpc) is 2.33. The van der Waals surface area contributed by atoms with Crippen LogP contribution in [0.15, 0.2) is 30.3 Å². The quantitative estimate of drug-likeness (QED) is 0.668. The minimum atomic E-state index is -1.41. The van der Waals surface area contributed by atoms with Crippen LogP contribution in [0.5, 0.6) is 0 Å². The summed E-state index contributed by atoms with van der Waals surface area (Å²) in [7, 11) is 0. The van der Waals surface area contributed by atoms with Gasteiger partial charge in [-0.3, -0.25) is 0 Å². The van der Waals surface area contributed by atoms with Gasteiger partial charge in [0.25, 0.3) is 0 Å². The molecular formula is C13H6F4O2. The lowest BCUT2D eigenvalue weighted by Gasteiger charge is -2.06. The third-order valence-corrected chi connectivity index (χ3v) is 2.47. The summed E-state index contributed by atoms with van der Waals surface area (Å²) in [6.45, 7) is 0. The van der Waals surface area contributed by atoms with Crippen LogP contribution in [0.25, 0.3) is 11.1 Å². The van der Waals surface area contributed by atoms with Crippen molar-refractivity contribution in [2.45, 2.75) is 0 Å². The molecule has 2 aromatic carbocycles. The number of carboxylic acids is 1. The first-order valence-electron chi connectivity index (χ1n) is 5.07. The molecule has 0 aliphatic heterocycles. The van der Waals surface area contributed by atoms with Crippen LogP contribution in [0.4, 0.5) is 17.6 Å². The molecule has 0 radical (unpaired) electrons. The van der Waals surface area contributed by atoms with Crippen LogP contribution >= 0.6 is 0 Å². The zero-order valence-corrected chi connectivity index (χ0v) is 9.25. The van der Waals surface area contributed by atoms with Gasteiger partial charge in [-0.15, -0.1) is 0 Å². The van der Waals surface area contributed by atoms with Crippen molar-refractivity contribution in [2.24, 2.45) is 0 Å². The minimum Gasteiger partial charge on any atom is -0.478 e. The van der Waals surface area contributed by atoms with Crippen LogP contribution in [0, 0.1) is 23.3 Å². The molecule has 0 spiro atoms. The van der Waals surface area contributed by atoms with Gasteiger partial charge in [0.15, 0.2) is 11.6 Å². The smallest absolute Gasteiger partial charge is 0.335 e. The average molecular weight is 270 g/mol. The molecule has 0 aliphatic carbocycles. The number of aromatic carboxylic acids is 1. The largest absolute Gasteiger partial charge is 0.478 e. The van der Waals surface area contributed by atoms with Crippen LogP contribution in [0.1, 0.15) is 10.4 Å². The molecule has 0 aromatic heterocycles. The molecule has 19 heavy (non-hydrogen) atoms. The minimum absolute atomic E-state index is 0.186. The zero-order chi connectivity index (χ0) is 14.2. The predicted molar refractivity (Wildman–Crippen MR) is 58.7 cm³/mol. The normalized spacial score (nSPS) is 10.5. The van der Waals surface area contributed by atoms with Crippen LogP contribution in [0.3, 0.4) is 0 Å². The van der Waals surface area contributed by atoms with E-state index < -0.39 is 40.4 Å². The Balaban J connectivity index is 2.65. The molecule has 0 saturated heterocycles. The van der Waals surface area contributed by atoms with Crippen molar-refractivity contribution in [3.8, 4) is 11.1 Å². The molecule has 1 N–H and O–H groups in total. The Morgan fingerprint density at radius 2 is 1.47 bits per heavy atom. The molecule has 0 unspecified atom stereocenters. The maximum absolute atomic E-state index is 13.5. The summed E-state index contributed by atoms with van der Waals surface area (Å²) in [5.74, 6) is -6.13. The molecule has 0 saturated carbocycles. The molecule has 0 bridgehead atoms. The van der Waals surface area contributed by atoms with Gasteiger partial charge in [0.1, 0.15) is 11.6 Å². The second-order valence-corrected chi connectivity index (χ2v) is 3.78. The number of hydrogen-bond donors (Lipinski definition) is 1. The Bertz CT molecular complexity index is 668. The highest BCUT2D eigenvalue weighted by Gasteiger charge is 2.14. The number of hydrogen-bond acceptors (Lipinski definition) is 1. The van der Waals surface area contributed by atoms with Gasteiger partial charge in [-0.1, -0.05) is 0 Å². The highest BCUT2D eigenvalue weighted by molar-refractivity contribution is 5.89. The summed E-state index contributed by atoms with van der Waals surface area (Å²) in [6.07, 6.45) is 0. The van der Waals surface area contributed by atoms with Crippen LogP contribution < -0.4 is 0 Å². The summed E-state index contributed by atoms with van der Waals surface area (Å²) >= 11 is 0. The maximum Gasteiger partial charge on any atom is 0.335 e. The van der Waals surface area contributed by atoms with E-state index in [9.17, 15) is 22.4 Å². The van der Waals surface area contributed by atoms with Gasteiger partial charge in [0.05, 0.1) is 5.56 Å². The highest BCUT2D eigenvalue weighted by atomic mass is 19.2. The van der Waals surface area contributed by atoms with E-state index in [-0.39, 0.29) is 5.56 Å². The lowest BCUT2D eigenvalue weighted by atomic mass is 10.0. The van der Waals surface area contributed by atoms with Crippen molar-refractivity contribution in [1.29, 1.82) is 0 Å². The van der Waals surface area contributed by atoms with E-state index in [2.05, 4.69) is 0 Å². The van der Waals surface area contributed by atoms with Crippen molar-refractivity contribution in [3.63, 3.8) is 0 Å². The van der Waals surface area contributed by atoms with E-state index in [1.54, 1.807) is 0 Å². The van der Waals surface area contributed by atoms with Gasteiger partial charge in [0, 0.05) is 11.6 Å². The van der Waals surface area contributed by atoms with E-state index in [4.69, 9.17) is 5.11 Å². The second-order valence-electron chi connectivity index (χ2n) is 3.78. The molecule has 2 rings (SSSR count). The van der Waals surface area contributed by atoms with Crippen LogP contribution in [-0.4, -0.2) is 11.1 Å². The first-order valence-corrected chi connectivity index (χ1v) is 5.07. The molecule has 0 heterocycles. The van der Waals surface area contributed by atoms with E-state index in [0.29, 0.717) is 12.1 Å². The Kier molecular flexibility index (Phi) is 3.25. The first-order chi connectivity index (χ1) is 8.88. The third kappa shape index (κ3) is 2.57. The van der Waals surface area contributed by atoms with Crippen molar-refractivity contribution in [3.05, 3.63) is 59.2 Å². The number of benzene rings is 2. The zero-order valence-electron chi connectivity index (χ0n) is 9.25. The molecule has 0 fully saturated rings. The van der Waals surface area contributed by atoms with Crippen molar-refractivity contribution < 1.29 is 27.5 Å². The molecule has 6 heteroatoms. The fraction of sp³-hybridized carbons (Fsp3) is 0. The van der Waals surface area contributed by atoms with Crippen molar-refractivity contribution >= 4 is 5.97 Å². The standard InChI is InChI=1S/C13H6F4O2/c14-8-2-6(1-7(3-8)13(18)19)9-4-11(16)12(17)5-10(9)15/h1-5H,(H,18,19). The first kappa shape index (κ1) is 13.1. The lowest BCUT2D eigenvalue weighted by molar-refractivity contribution is 0.0696. The highest BCUT2D eigenvalue weighted by Crippen LogP contribution is 2.27. The Morgan fingerprint density at radius 3 is 2.11 bits per heavy atom. The van der Waals surface area contributed by atoms with Gasteiger partial charge in [-0.25, -0.2) is 22.4 Å². The van der Waals surface area contributed by atoms with Crippen molar-refractivity contribution in [2.75, 3.05) is 0 Å². The fourth-order valence-electron chi connectivity index (χ4n) is 1.61. The Labute approximate surface area is 104 Å². The number of carboxylic acid groups (broad SMARTS) is 1. The van der Waals surface area contributed by atoms with Crippen LogP contribution in [0.2, 0.25) is 0 Å². The molecule has 0 amide bonds. The van der Waals surface area contributed by atoms with Gasteiger partial charge in [-0.05, 0) is 29.8 Å². The Hall–Kier alpha value is -2.37. The molecule has 2 aromatic rings. The van der Waals surface area contributed by atoms with Crippen LogP contribution in [-0.2, 0) is 0 Å². The topological polar surface area (TPSA) is 37.3 Å². The van der Waals surface area contributed by atoms with Gasteiger partial charge in [-0.2, -0.15) is 0 Å². The number of halogens is 4. The summed E-state index contributed by atoms with van der Waals surface area (Å²) < 4.78 is 52.6. The third-order valence-electron chi connectivity index (χ3n) is 2.47. The van der Waals surface area contributed by atoms with Gasteiger partial charge >= 0.3 is 5.97 Å². The summed E-state index contributed by atoms with van der Waals surface area (Å²) in [5, 5.41) is 8.75. The summed E-state index contributed by atoms with van der Waals surface area (Å²) in [6, 6.07) is 3.41. The Morgan fingerprint density at radius 1 is 0.842 bits per heavy atom. The SMILES string of the molecule is O=C(O)c1cc(F)cc(-c2cc(F)c(F)cc2F)c1. The van der Waals surface area contributed by atoms with E-state index in [1.807, 2.05) is 0 Å². The molecule has 0 atom stereocenters. The van der Waals surface area contributed by atoms with E-state index >= 15 is 0 Å². The van der Waals surface area contributed by atoms with Crippen molar-refractivity contribution in [1.82, 2.24) is 0 Å². The summed E-state index contributed by atoms with van der Waals surface area (Å²) in [4.78, 5) is 10.7. The molecule has 2 nitrogen and oxygen atoms in total.